The second-order valence-electron chi connectivity index (χ2n) is 6.13. The minimum Gasteiger partial charge on any atom is -0.324 e. The van der Waals surface area contributed by atoms with Crippen LogP contribution in [0.25, 0.3) is 5.69 Å². The number of rotatable bonds is 7. The second kappa shape index (κ2) is 7.81. The summed E-state index contributed by atoms with van der Waals surface area (Å²) in [5.74, 6) is -0.0665. The van der Waals surface area contributed by atoms with Gasteiger partial charge in [0.25, 0.3) is 0 Å². The standard InChI is InChI=1S/C20H21N5O/c1-15-19(20(26)14-22)12-18(4-2-10-24-11-3-9-23-24)25(15)17-7-5-16(13-21)6-8-17/h3,5-9,11-12H,2,4,10,14,22H2,1H3. The van der Waals surface area contributed by atoms with E-state index in [0.29, 0.717) is 11.1 Å². The zero-order valence-electron chi connectivity index (χ0n) is 14.7. The first-order valence-electron chi connectivity index (χ1n) is 8.56. The van der Waals surface area contributed by atoms with Crippen LogP contribution in [0.4, 0.5) is 0 Å². The van der Waals surface area contributed by atoms with Crippen molar-refractivity contribution >= 4 is 5.78 Å². The van der Waals surface area contributed by atoms with Crippen molar-refractivity contribution in [2.24, 2.45) is 5.73 Å². The largest absolute Gasteiger partial charge is 0.324 e. The van der Waals surface area contributed by atoms with Crippen LogP contribution in [0.5, 0.6) is 0 Å². The number of carbonyl (C=O) groups excluding carboxylic acids is 1. The summed E-state index contributed by atoms with van der Waals surface area (Å²) in [7, 11) is 0. The van der Waals surface area contributed by atoms with Crippen molar-refractivity contribution in [1.29, 1.82) is 5.26 Å². The highest BCUT2D eigenvalue weighted by molar-refractivity contribution is 5.99. The van der Waals surface area contributed by atoms with Crippen molar-refractivity contribution < 1.29 is 4.79 Å². The van der Waals surface area contributed by atoms with Gasteiger partial charge in [-0.05, 0) is 56.2 Å². The zero-order valence-corrected chi connectivity index (χ0v) is 14.7. The fourth-order valence-corrected chi connectivity index (χ4v) is 3.15. The van der Waals surface area contributed by atoms with E-state index in [2.05, 4.69) is 15.7 Å². The van der Waals surface area contributed by atoms with E-state index in [1.54, 1.807) is 18.3 Å². The second-order valence-corrected chi connectivity index (χ2v) is 6.13. The summed E-state index contributed by atoms with van der Waals surface area (Å²) < 4.78 is 3.97. The molecule has 0 saturated carbocycles. The molecular weight excluding hydrogens is 326 g/mol. The number of aromatic nitrogens is 3. The maximum absolute atomic E-state index is 12.2. The van der Waals surface area contributed by atoms with Gasteiger partial charge in [-0.15, -0.1) is 0 Å². The van der Waals surface area contributed by atoms with Crippen LogP contribution in [-0.2, 0) is 13.0 Å². The predicted octanol–water partition coefficient (Wildman–Crippen LogP) is 2.63. The van der Waals surface area contributed by atoms with Crippen LogP contribution in [0.15, 0.2) is 48.8 Å². The Morgan fingerprint density at radius 2 is 2.08 bits per heavy atom. The smallest absolute Gasteiger partial charge is 0.178 e. The van der Waals surface area contributed by atoms with Crippen molar-refractivity contribution in [2.75, 3.05) is 6.54 Å². The Hall–Kier alpha value is -3.17. The zero-order chi connectivity index (χ0) is 18.5. The third-order valence-corrected chi connectivity index (χ3v) is 4.44. The number of nitrogens with two attached hydrogens (primary N) is 1. The maximum Gasteiger partial charge on any atom is 0.178 e. The molecule has 6 heteroatoms. The van der Waals surface area contributed by atoms with E-state index in [1.807, 2.05) is 42.1 Å². The lowest BCUT2D eigenvalue weighted by atomic mass is 10.1. The van der Waals surface area contributed by atoms with E-state index in [9.17, 15) is 4.79 Å². The number of aryl methyl sites for hydroxylation is 2. The molecule has 0 radical (unpaired) electrons. The van der Waals surface area contributed by atoms with Crippen molar-refractivity contribution in [1.82, 2.24) is 14.3 Å². The molecule has 132 valence electrons. The molecule has 3 aromatic rings. The fraction of sp³-hybridized carbons (Fsp3) is 0.250. The molecule has 3 rings (SSSR count). The normalized spacial score (nSPS) is 10.7. The summed E-state index contributed by atoms with van der Waals surface area (Å²) in [6.45, 7) is 2.73. The van der Waals surface area contributed by atoms with Crippen LogP contribution in [0.2, 0.25) is 0 Å². The number of hydrogen-bond acceptors (Lipinski definition) is 4. The lowest BCUT2D eigenvalue weighted by Gasteiger charge is -2.12. The van der Waals surface area contributed by atoms with Gasteiger partial charge in [-0.1, -0.05) is 0 Å². The van der Waals surface area contributed by atoms with Gasteiger partial charge in [0.05, 0.1) is 18.2 Å². The van der Waals surface area contributed by atoms with Crippen LogP contribution < -0.4 is 5.73 Å². The Labute approximate surface area is 152 Å². The molecule has 2 aromatic heterocycles. The van der Waals surface area contributed by atoms with Gasteiger partial charge >= 0.3 is 0 Å². The van der Waals surface area contributed by atoms with E-state index < -0.39 is 0 Å². The van der Waals surface area contributed by atoms with Crippen molar-refractivity contribution in [3.63, 3.8) is 0 Å². The summed E-state index contributed by atoms with van der Waals surface area (Å²) in [6.07, 6.45) is 5.41. The van der Waals surface area contributed by atoms with E-state index >= 15 is 0 Å². The number of nitrogens with zero attached hydrogens (tertiary/aromatic N) is 4. The number of carbonyl (C=O) groups is 1. The molecule has 0 unspecified atom stereocenters. The van der Waals surface area contributed by atoms with Crippen LogP contribution in [-0.4, -0.2) is 26.7 Å². The molecule has 0 aliphatic rings. The first-order valence-corrected chi connectivity index (χ1v) is 8.56. The van der Waals surface area contributed by atoms with Crippen molar-refractivity contribution in [3.8, 4) is 11.8 Å². The highest BCUT2D eigenvalue weighted by Gasteiger charge is 2.17. The van der Waals surface area contributed by atoms with E-state index in [0.717, 1.165) is 36.5 Å². The third kappa shape index (κ3) is 3.58. The summed E-state index contributed by atoms with van der Waals surface area (Å²) >= 11 is 0. The average molecular weight is 347 g/mol. The summed E-state index contributed by atoms with van der Waals surface area (Å²) in [6, 6.07) is 13.3. The molecular formula is C20H21N5O. The third-order valence-electron chi connectivity index (χ3n) is 4.44. The molecule has 0 aliphatic carbocycles. The van der Waals surface area contributed by atoms with Crippen molar-refractivity contribution in [3.05, 3.63) is 71.3 Å². The number of benzene rings is 1. The summed E-state index contributed by atoms with van der Waals surface area (Å²) in [5.41, 5.74) is 9.70. The molecule has 0 bridgehead atoms. The first kappa shape index (κ1) is 17.6. The Morgan fingerprint density at radius 1 is 1.31 bits per heavy atom. The Kier molecular flexibility index (Phi) is 5.30. The Balaban J connectivity index is 1.92. The monoisotopic (exact) mass is 347 g/mol. The summed E-state index contributed by atoms with van der Waals surface area (Å²) in [5, 5.41) is 13.2. The molecule has 0 amide bonds. The molecule has 0 aliphatic heterocycles. The van der Waals surface area contributed by atoms with Gasteiger partial charge in [-0.25, -0.2) is 0 Å². The molecule has 1 aromatic carbocycles. The average Bonchev–Trinajstić information content (AvgIpc) is 3.29. The van der Waals surface area contributed by atoms with Crippen LogP contribution in [0.3, 0.4) is 0 Å². The topological polar surface area (TPSA) is 89.6 Å². The van der Waals surface area contributed by atoms with Crippen molar-refractivity contribution in [2.45, 2.75) is 26.3 Å². The van der Waals surface area contributed by atoms with Gasteiger partial charge in [-0.2, -0.15) is 10.4 Å². The Morgan fingerprint density at radius 3 is 2.69 bits per heavy atom. The van der Waals surface area contributed by atoms with Gasteiger partial charge in [0.1, 0.15) is 0 Å². The van der Waals surface area contributed by atoms with Crippen LogP contribution in [0, 0.1) is 18.3 Å². The maximum atomic E-state index is 12.2. The first-order chi connectivity index (χ1) is 12.6. The molecule has 0 atom stereocenters. The molecule has 0 fully saturated rings. The SMILES string of the molecule is Cc1c(C(=O)CN)cc(CCCn2cccn2)n1-c1ccc(C#N)cc1. The summed E-state index contributed by atoms with van der Waals surface area (Å²) in [4.78, 5) is 12.2. The number of Topliss-reactive ketones (excluding diaryl/α,β-unsaturated/α-hetero) is 1. The molecule has 2 N–H and O–H groups in total. The highest BCUT2D eigenvalue weighted by atomic mass is 16.1. The molecule has 2 heterocycles. The fourth-order valence-electron chi connectivity index (χ4n) is 3.15. The van der Waals surface area contributed by atoms with E-state index in [4.69, 9.17) is 11.0 Å². The number of hydrogen-bond donors (Lipinski definition) is 1. The molecule has 26 heavy (non-hydrogen) atoms. The van der Waals surface area contributed by atoms with Gasteiger partial charge in [0, 0.05) is 41.6 Å². The van der Waals surface area contributed by atoms with Gasteiger partial charge in [0.15, 0.2) is 5.78 Å². The highest BCUT2D eigenvalue weighted by Crippen LogP contribution is 2.23. The molecule has 0 saturated heterocycles. The minimum atomic E-state index is -0.0665. The van der Waals surface area contributed by atoms with E-state index in [1.165, 1.54) is 0 Å². The molecule has 0 spiro atoms. The van der Waals surface area contributed by atoms with Gasteiger partial charge in [0.2, 0.25) is 0 Å². The van der Waals surface area contributed by atoms with Gasteiger partial charge < -0.3 is 10.3 Å². The Bertz CT molecular complexity index is 930. The quantitative estimate of drug-likeness (QED) is 0.665. The molecule has 6 nitrogen and oxygen atoms in total. The lowest BCUT2D eigenvalue weighted by molar-refractivity contribution is 0.100. The van der Waals surface area contributed by atoms with E-state index in [-0.39, 0.29) is 12.3 Å². The number of nitriles is 1. The lowest BCUT2D eigenvalue weighted by Crippen LogP contribution is -2.14. The van der Waals surface area contributed by atoms with Gasteiger partial charge in [-0.3, -0.25) is 9.48 Å². The van der Waals surface area contributed by atoms with Crippen LogP contribution in [0.1, 0.15) is 33.7 Å². The minimum absolute atomic E-state index is 0.00898. The predicted molar refractivity (Wildman–Crippen MR) is 99.2 cm³/mol. The number of ketones is 1. The van der Waals surface area contributed by atoms with Crippen LogP contribution >= 0.6 is 0 Å².